The second kappa shape index (κ2) is 8.04. The van der Waals surface area contributed by atoms with Gasteiger partial charge in [-0.3, -0.25) is 14.9 Å². The lowest BCUT2D eigenvalue weighted by Gasteiger charge is -2.26. The zero-order valence-electron chi connectivity index (χ0n) is 15.7. The molecule has 8 nitrogen and oxygen atoms in total. The van der Waals surface area contributed by atoms with Crippen LogP contribution in [-0.2, 0) is 13.5 Å². The summed E-state index contributed by atoms with van der Waals surface area (Å²) in [5, 5.41) is 22.9. The molecule has 1 aliphatic rings. The van der Waals surface area contributed by atoms with Gasteiger partial charge in [-0.1, -0.05) is 24.3 Å². The summed E-state index contributed by atoms with van der Waals surface area (Å²) in [6, 6.07) is 12.5. The molecule has 29 heavy (non-hydrogen) atoms. The zero-order chi connectivity index (χ0) is 20.4. The Morgan fingerprint density at radius 1 is 1.31 bits per heavy atom. The normalized spacial score (nSPS) is 15.6. The summed E-state index contributed by atoms with van der Waals surface area (Å²) in [5.74, 6) is -0.315. The average molecular weight is 409 g/mol. The summed E-state index contributed by atoms with van der Waals surface area (Å²) in [4.78, 5) is 24.3. The number of hydrogen-bond acceptors (Lipinski definition) is 6. The number of carbonyl (C=O) groups is 1. The van der Waals surface area contributed by atoms with Crippen molar-refractivity contribution in [2.45, 2.75) is 35.4 Å². The monoisotopic (exact) mass is 409 g/mol. The van der Waals surface area contributed by atoms with Gasteiger partial charge < -0.3 is 9.88 Å². The third kappa shape index (κ3) is 4.00. The minimum absolute atomic E-state index is 0.0841. The van der Waals surface area contributed by atoms with Crippen LogP contribution in [0, 0.1) is 10.1 Å². The Balaban J connectivity index is 1.57. The molecular formula is C20H19N5O3S. The van der Waals surface area contributed by atoms with Gasteiger partial charge in [0.05, 0.1) is 15.9 Å². The second-order valence-corrected chi connectivity index (χ2v) is 7.89. The van der Waals surface area contributed by atoms with Crippen LogP contribution in [0.3, 0.4) is 0 Å². The van der Waals surface area contributed by atoms with Gasteiger partial charge in [0.25, 0.3) is 11.6 Å². The number of aromatic nitrogens is 3. The summed E-state index contributed by atoms with van der Waals surface area (Å²) in [6.07, 6.45) is 4.38. The van der Waals surface area contributed by atoms with Crippen molar-refractivity contribution in [3.8, 4) is 0 Å². The maximum absolute atomic E-state index is 12.8. The van der Waals surface area contributed by atoms with Gasteiger partial charge >= 0.3 is 0 Å². The van der Waals surface area contributed by atoms with E-state index >= 15 is 0 Å². The van der Waals surface area contributed by atoms with E-state index < -0.39 is 4.92 Å². The molecule has 0 unspecified atom stereocenters. The highest BCUT2D eigenvalue weighted by atomic mass is 32.2. The van der Waals surface area contributed by atoms with Crippen molar-refractivity contribution in [3.05, 3.63) is 75.6 Å². The minimum Gasteiger partial charge on any atom is -0.345 e. The van der Waals surface area contributed by atoms with Crippen molar-refractivity contribution in [2.75, 3.05) is 0 Å². The molecule has 1 aromatic heterocycles. The van der Waals surface area contributed by atoms with E-state index in [4.69, 9.17) is 0 Å². The van der Waals surface area contributed by atoms with Crippen LogP contribution in [0.15, 0.2) is 58.8 Å². The van der Waals surface area contributed by atoms with Gasteiger partial charge in [-0.25, -0.2) is 0 Å². The van der Waals surface area contributed by atoms with E-state index in [0.29, 0.717) is 10.1 Å². The van der Waals surface area contributed by atoms with Crippen LogP contribution in [0.25, 0.3) is 0 Å². The van der Waals surface area contributed by atoms with Crippen LogP contribution in [0.1, 0.15) is 40.4 Å². The first-order valence-corrected chi connectivity index (χ1v) is 10.0. The Bertz CT molecular complexity index is 1080. The number of aryl methyl sites for hydroxylation is 2. The van der Waals surface area contributed by atoms with E-state index in [1.165, 1.54) is 18.0 Å². The molecule has 1 amide bonds. The van der Waals surface area contributed by atoms with E-state index in [9.17, 15) is 14.9 Å². The Hall–Kier alpha value is -3.20. The van der Waals surface area contributed by atoms with Gasteiger partial charge in [0, 0.05) is 18.7 Å². The maximum Gasteiger partial charge on any atom is 0.284 e. The molecular weight excluding hydrogens is 390 g/mol. The molecule has 0 fully saturated rings. The number of rotatable bonds is 5. The molecule has 0 spiro atoms. The van der Waals surface area contributed by atoms with Gasteiger partial charge in [0.1, 0.15) is 6.33 Å². The molecule has 1 heterocycles. The minimum atomic E-state index is -0.481. The second-order valence-electron chi connectivity index (χ2n) is 6.88. The predicted molar refractivity (Wildman–Crippen MR) is 108 cm³/mol. The number of hydrogen-bond donors (Lipinski definition) is 1. The number of nitrogens with one attached hydrogen (secondary N) is 1. The van der Waals surface area contributed by atoms with Crippen molar-refractivity contribution in [1.29, 1.82) is 0 Å². The van der Waals surface area contributed by atoms with Gasteiger partial charge in [0.15, 0.2) is 5.16 Å². The summed E-state index contributed by atoms with van der Waals surface area (Å²) >= 11 is 1.14. The van der Waals surface area contributed by atoms with Gasteiger partial charge in [-0.2, -0.15) is 0 Å². The molecule has 2 aromatic carbocycles. The van der Waals surface area contributed by atoms with Crippen LogP contribution in [-0.4, -0.2) is 25.6 Å². The van der Waals surface area contributed by atoms with Crippen LogP contribution in [0.5, 0.6) is 0 Å². The van der Waals surface area contributed by atoms with Gasteiger partial charge in [-0.15, -0.1) is 10.2 Å². The predicted octanol–water partition coefficient (Wildman–Crippen LogP) is 3.68. The van der Waals surface area contributed by atoms with Crippen molar-refractivity contribution in [3.63, 3.8) is 0 Å². The number of nitro benzene ring substituents is 1. The lowest BCUT2D eigenvalue weighted by atomic mass is 9.87. The number of carbonyl (C=O) groups excluding carboxylic acids is 1. The molecule has 4 rings (SSSR count). The van der Waals surface area contributed by atoms with Crippen LogP contribution in [0.2, 0.25) is 0 Å². The SMILES string of the molecule is Cn1cnnc1Sc1ccc(C(=O)N[C@@H]2CCCc3ccccc32)cc1[N+](=O)[O-]. The Kier molecular flexibility index (Phi) is 5.30. The molecule has 0 saturated carbocycles. The van der Waals surface area contributed by atoms with Crippen LogP contribution >= 0.6 is 11.8 Å². The van der Waals surface area contributed by atoms with Crippen molar-refractivity contribution >= 4 is 23.4 Å². The van der Waals surface area contributed by atoms with Gasteiger partial charge in [-0.05, 0) is 54.3 Å². The highest BCUT2D eigenvalue weighted by molar-refractivity contribution is 7.99. The molecule has 0 saturated heterocycles. The van der Waals surface area contributed by atoms with Crippen molar-refractivity contribution in [2.24, 2.45) is 7.05 Å². The molecule has 0 radical (unpaired) electrons. The molecule has 1 N–H and O–H groups in total. The quantitative estimate of drug-likeness (QED) is 0.509. The first-order chi connectivity index (χ1) is 14.0. The molecule has 0 bridgehead atoms. The third-order valence-corrected chi connectivity index (χ3v) is 6.08. The molecule has 1 aliphatic carbocycles. The van der Waals surface area contributed by atoms with Crippen LogP contribution in [0.4, 0.5) is 5.69 Å². The van der Waals surface area contributed by atoms with E-state index in [1.54, 1.807) is 23.7 Å². The fraction of sp³-hybridized carbons (Fsp3) is 0.250. The van der Waals surface area contributed by atoms with Crippen LogP contribution < -0.4 is 5.32 Å². The van der Waals surface area contributed by atoms with Gasteiger partial charge in [0.2, 0.25) is 0 Å². The molecule has 0 aliphatic heterocycles. The summed E-state index contributed by atoms with van der Waals surface area (Å²) in [6.45, 7) is 0. The number of amides is 1. The summed E-state index contributed by atoms with van der Waals surface area (Å²) < 4.78 is 1.68. The highest BCUT2D eigenvalue weighted by Crippen LogP contribution is 2.35. The largest absolute Gasteiger partial charge is 0.345 e. The Labute approximate surface area is 171 Å². The third-order valence-electron chi connectivity index (χ3n) is 4.96. The van der Waals surface area contributed by atoms with E-state index in [0.717, 1.165) is 36.6 Å². The van der Waals surface area contributed by atoms with E-state index in [2.05, 4.69) is 21.6 Å². The fourth-order valence-electron chi connectivity index (χ4n) is 3.50. The summed E-state index contributed by atoms with van der Waals surface area (Å²) in [7, 11) is 1.76. The van der Waals surface area contributed by atoms with E-state index in [1.807, 2.05) is 18.2 Å². The molecule has 9 heteroatoms. The number of benzene rings is 2. The first kappa shape index (κ1) is 19.1. The molecule has 1 atom stereocenters. The molecule has 3 aromatic rings. The topological polar surface area (TPSA) is 103 Å². The lowest BCUT2D eigenvalue weighted by molar-refractivity contribution is -0.387. The first-order valence-electron chi connectivity index (χ1n) is 9.22. The lowest BCUT2D eigenvalue weighted by Crippen LogP contribution is -2.31. The van der Waals surface area contributed by atoms with Crippen molar-refractivity contribution in [1.82, 2.24) is 20.1 Å². The zero-order valence-corrected chi connectivity index (χ0v) is 16.6. The van der Waals surface area contributed by atoms with Crippen molar-refractivity contribution < 1.29 is 9.72 Å². The number of fused-ring (bicyclic) bond motifs is 1. The average Bonchev–Trinajstić information content (AvgIpc) is 3.13. The Morgan fingerprint density at radius 2 is 2.14 bits per heavy atom. The highest BCUT2D eigenvalue weighted by Gasteiger charge is 2.24. The number of nitro groups is 1. The number of nitrogens with zero attached hydrogens (tertiary/aromatic N) is 4. The Morgan fingerprint density at radius 3 is 2.90 bits per heavy atom. The summed E-state index contributed by atoms with van der Waals surface area (Å²) in [5.41, 5.74) is 2.50. The smallest absolute Gasteiger partial charge is 0.284 e. The standard InChI is InChI=1S/C20H19N5O3S/c1-24-12-21-23-20(24)29-18-10-9-14(11-17(18)25(27)28)19(26)22-16-8-4-6-13-5-2-3-7-15(13)16/h2-3,5,7,9-12,16H,4,6,8H2,1H3,(H,22,26)/t16-/m1/s1. The molecule has 148 valence electrons. The van der Waals surface area contributed by atoms with E-state index in [-0.39, 0.29) is 23.2 Å². The fourth-order valence-corrected chi connectivity index (χ4v) is 4.35. The maximum atomic E-state index is 12.8.